The number of urea groups is 1. The minimum absolute atomic E-state index is 0.341. The van der Waals surface area contributed by atoms with E-state index in [0.717, 1.165) is 18.4 Å². The molecule has 3 rings (SSSR count). The number of rotatable bonds is 4. The SMILES string of the molecule is CC1=C(C(=O)OCC2CCCCC2)C(c2cccc(Cl)c2)NC(=O)N1. The van der Waals surface area contributed by atoms with Gasteiger partial charge in [0.2, 0.25) is 0 Å². The second-order valence-corrected chi connectivity index (χ2v) is 7.16. The molecule has 1 aromatic carbocycles. The van der Waals surface area contributed by atoms with Crippen LogP contribution < -0.4 is 10.6 Å². The molecule has 1 saturated carbocycles. The van der Waals surface area contributed by atoms with Crippen LogP contribution in [0.2, 0.25) is 5.02 Å². The Labute approximate surface area is 152 Å². The molecule has 25 heavy (non-hydrogen) atoms. The summed E-state index contributed by atoms with van der Waals surface area (Å²) in [5.74, 6) is 0.0508. The van der Waals surface area contributed by atoms with Crippen molar-refractivity contribution in [2.24, 2.45) is 5.92 Å². The van der Waals surface area contributed by atoms with Gasteiger partial charge in [0.1, 0.15) is 0 Å². The van der Waals surface area contributed by atoms with Gasteiger partial charge in [0.05, 0.1) is 18.2 Å². The number of carbonyl (C=O) groups is 2. The van der Waals surface area contributed by atoms with Crippen molar-refractivity contribution in [2.45, 2.75) is 45.1 Å². The van der Waals surface area contributed by atoms with Crippen LogP contribution in [0.5, 0.6) is 0 Å². The van der Waals surface area contributed by atoms with Crippen LogP contribution in [-0.4, -0.2) is 18.6 Å². The molecule has 6 heteroatoms. The molecule has 1 aromatic rings. The second-order valence-electron chi connectivity index (χ2n) is 6.73. The van der Waals surface area contributed by atoms with E-state index in [9.17, 15) is 9.59 Å². The molecule has 1 unspecified atom stereocenters. The number of nitrogens with one attached hydrogen (secondary N) is 2. The average Bonchev–Trinajstić information content (AvgIpc) is 2.60. The maximum atomic E-state index is 12.7. The summed E-state index contributed by atoms with van der Waals surface area (Å²) >= 11 is 6.07. The molecule has 0 saturated heterocycles. The number of esters is 1. The van der Waals surface area contributed by atoms with E-state index in [1.54, 1.807) is 25.1 Å². The Hall–Kier alpha value is -2.01. The van der Waals surface area contributed by atoms with Gasteiger partial charge in [0, 0.05) is 10.7 Å². The van der Waals surface area contributed by atoms with Crippen LogP contribution in [-0.2, 0) is 9.53 Å². The van der Waals surface area contributed by atoms with E-state index in [1.807, 2.05) is 6.07 Å². The molecule has 1 fully saturated rings. The predicted octanol–water partition coefficient (Wildman–Crippen LogP) is 4.09. The molecular weight excluding hydrogens is 340 g/mol. The predicted molar refractivity (Wildman–Crippen MR) is 96.1 cm³/mol. The summed E-state index contributed by atoms with van der Waals surface area (Å²) in [6, 6.07) is 6.24. The van der Waals surface area contributed by atoms with Gasteiger partial charge in [-0.25, -0.2) is 9.59 Å². The smallest absolute Gasteiger partial charge is 0.338 e. The molecule has 134 valence electrons. The fraction of sp³-hybridized carbons (Fsp3) is 0.474. The third-order valence-corrected chi connectivity index (χ3v) is 5.08. The lowest BCUT2D eigenvalue weighted by atomic mass is 9.90. The molecule has 2 aliphatic rings. The van der Waals surface area contributed by atoms with Crippen LogP contribution in [0.4, 0.5) is 4.79 Å². The van der Waals surface area contributed by atoms with E-state index in [0.29, 0.717) is 28.8 Å². The van der Waals surface area contributed by atoms with Gasteiger partial charge in [-0.1, -0.05) is 43.0 Å². The minimum Gasteiger partial charge on any atom is -0.462 e. The summed E-state index contributed by atoms with van der Waals surface area (Å²) in [6.45, 7) is 2.15. The van der Waals surface area contributed by atoms with Crippen molar-refractivity contribution in [3.05, 3.63) is 46.1 Å². The standard InChI is InChI=1S/C19H23ClN2O3/c1-12-16(18(23)25-11-13-6-3-2-4-7-13)17(22-19(24)21-12)14-8-5-9-15(20)10-14/h5,8-10,13,17H,2-4,6-7,11H2,1H3,(H2,21,22,24). The van der Waals surface area contributed by atoms with Crippen molar-refractivity contribution in [2.75, 3.05) is 6.61 Å². The van der Waals surface area contributed by atoms with E-state index in [-0.39, 0.29) is 12.0 Å². The van der Waals surface area contributed by atoms with Crippen molar-refractivity contribution < 1.29 is 14.3 Å². The van der Waals surface area contributed by atoms with Crippen molar-refractivity contribution in [1.82, 2.24) is 10.6 Å². The van der Waals surface area contributed by atoms with E-state index >= 15 is 0 Å². The summed E-state index contributed by atoms with van der Waals surface area (Å²) in [5.41, 5.74) is 1.70. The van der Waals surface area contributed by atoms with Gasteiger partial charge in [0.25, 0.3) is 0 Å². The number of allylic oxidation sites excluding steroid dienone is 1. The maximum Gasteiger partial charge on any atom is 0.338 e. The van der Waals surface area contributed by atoms with E-state index in [2.05, 4.69) is 10.6 Å². The molecule has 1 heterocycles. The van der Waals surface area contributed by atoms with Crippen molar-refractivity contribution >= 4 is 23.6 Å². The molecule has 2 amide bonds. The number of benzene rings is 1. The number of hydrogen-bond acceptors (Lipinski definition) is 3. The van der Waals surface area contributed by atoms with Crippen LogP contribution in [0.25, 0.3) is 0 Å². The highest BCUT2D eigenvalue weighted by Crippen LogP contribution is 2.30. The highest BCUT2D eigenvalue weighted by Gasteiger charge is 2.32. The van der Waals surface area contributed by atoms with Crippen molar-refractivity contribution in [3.63, 3.8) is 0 Å². The Kier molecular flexibility index (Phi) is 5.63. The Morgan fingerprint density at radius 1 is 1.28 bits per heavy atom. The molecular formula is C19H23ClN2O3. The van der Waals surface area contributed by atoms with Crippen molar-refractivity contribution in [3.8, 4) is 0 Å². The van der Waals surface area contributed by atoms with Gasteiger partial charge < -0.3 is 15.4 Å². The third kappa shape index (κ3) is 4.34. The van der Waals surface area contributed by atoms with Gasteiger partial charge in [-0.15, -0.1) is 0 Å². The quantitative estimate of drug-likeness (QED) is 0.792. The zero-order valence-electron chi connectivity index (χ0n) is 14.3. The average molecular weight is 363 g/mol. The lowest BCUT2D eigenvalue weighted by Gasteiger charge is -2.29. The van der Waals surface area contributed by atoms with Crippen LogP contribution in [0, 0.1) is 5.92 Å². The zero-order valence-corrected chi connectivity index (χ0v) is 15.1. The number of amides is 2. The zero-order chi connectivity index (χ0) is 17.8. The highest BCUT2D eigenvalue weighted by atomic mass is 35.5. The normalized spacial score (nSPS) is 21.5. The summed E-state index contributed by atoms with van der Waals surface area (Å²) in [7, 11) is 0. The van der Waals surface area contributed by atoms with E-state index < -0.39 is 6.04 Å². The number of halogens is 1. The monoisotopic (exact) mass is 362 g/mol. The fourth-order valence-corrected chi connectivity index (χ4v) is 3.72. The van der Waals surface area contributed by atoms with E-state index in [1.165, 1.54) is 19.3 Å². The Morgan fingerprint density at radius 3 is 2.76 bits per heavy atom. The summed E-state index contributed by atoms with van der Waals surface area (Å²) in [5, 5.41) is 6.00. The fourth-order valence-electron chi connectivity index (χ4n) is 3.53. The molecule has 5 nitrogen and oxygen atoms in total. The molecule has 1 aliphatic heterocycles. The minimum atomic E-state index is -0.564. The van der Waals surface area contributed by atoms with Crippen molar-refractivity contribution in [1.29, 1.82) is 0 Å². The van der Waals surface area contributed by atoms with Crippen LogP contribution in [0.15, 0.2) is 35.5 Å². The van der Waals surface area contributed by atoms with Gasteiger partial charge in [0.15, 0.2) is 0 Å². The second kappa shape index (κ2) is 7.91. The molecule has 0 spiro atoms. The number of carbonyl (C=O) groups excluding carboxylic acids is 2. The number of hydrogen-bond donors (Lipinski definition) is 2. The first kappa shape index (κ1) is 17.8. The first-order chi connectivity index (χ1) is 12.0. The molecule has 0 bridgehead atoms. The van der Waals surface area contributed by atoms with Crippen LogP contribution in [0.3, 0.4) is 0 Å². The van der Waals surface area contributed by atoms with Gasteiger partial charge in [-0.3, -0.25) is 0 Å². The summed E-state index contributed by atoms with van der Waals surface area (Å²) in [4.78, 5) is 24.6. The van der Waals surface area contributed by atoms with E-state index in [4.69, 9.17) is 16.3 Å². The Morgan fingerprint density at radius 2 is 2.04 bits per heavy atom. The lowest BCUT2D eigenvalue weighted by Crippen LogP contribution is -2.45. The van der Waals surface area contributed by atoms with Crippen LogP contribution >= 0.6 is 11.6 Å². The highest BCUT2D eigenvalue weighted by molar-refractivity contribution is 6.30. The van der Waals surface area contributed by atoms with Gasteiger partial charge in [-0.2, -0.15) is 0 Å². The molecule has 1 aliphatic carbocycles. The largest absolute Gasteiger partial charge is 0.462 e. The molecule has 1 atom stereocenters. The first-order valence-corrected chi connectivity index (χ1v) is 9.13. The third-order valence-electron chi connectivity index (χ3n) is 4.85. The topological polar surface area (TPSA) is 67.4 Å². The first-order valence-electron chi connectivity index (χ1n) is 8.75. The maximum absolute atomic E-state index is 12.7. The Bertz CT molecular complexity index is 696. The molecule has 2 N–H and O–H groups in total. The molecule has 0 aromatic heterocycles. The lowest BCUT2D eigenvalue weighted by molar-refractivity contribution is -0.141. The van der Waals surface area contributed by atoms with Crippen LogP contribution in [0.1, 0.15) is 50.6 Å². The Balaban J connectivity index is 1.78. The van der Waals surface area contributed by atoms with Gasteiger partial charge in [-0.05, 0) is 43.4 Å². The summed E-state index contributed by atoms with van der Waals surface area (Å²) in [6.07, 6.45) is 5.89. The summed E-state index contributed by atoms with van der Waals surface area (Å²) < 4.78 is 5.59. The molecule has 0 radical (unpaired) electrons. The van der Waals surface area contributed by atoms with Gasteiger partial charge >= 0.3 is 12.0 Å². The number of ether oxygens (including phenoxy) is 1.